The van der Waals surface area contributed by atoms with Gasteiger partial charge in [-0.3, -0.25) is 9.69 Å². The molecule has 2 heterocycles. The van der Waals surface area contributed by atoms with Crippen LogP contribution in [-0.4, -0.2) is 44.7 Å². The molecule has 0 aromatic carbocycles. The van der Waals surface area contributed by atoms with Gasteiger partial charge in [-0.15, -0.1) is 10.2 Å². The van der Waals surface area contributed by atoms with Crippen molar-refractivity contribution in [3.05, 3.63) is 12.2 Å². The monoisotopic (exact) mass is 333 g/mol. The molecule has 6 heteroatoms. The zero-order chi connectivity index (χ0) is 16.8. The third-order valence-corrected chi connectivity index (χ3v) is 5.63. The van der Waals surface area contributed by atoms with Crippen LogP contribution in [0, 0.1) is 0 Å². The molecule has 0 spiro atoms. The van der Waals surface area contributed by atoms with Gasteiger partial charge in [-0.2, -0.15) is 0 Å². The lowest BCUT2D eigenvalue weighted by atomic mass is 9.95. The van der Waals surface area contributed by atoms with E-state index < -0.39 is 0 Å². The van der Waals surface area contributed by atoms with Crippen LogP contribution in [0.4, 0.5) is 0 Å². The lowest BCUT2D eigenvalue weighted by molar-refractivity contribution is -0.123. The van der Waals surface area contributed by atoms with Gasteiger partial charge in [0.2, 0.25) is 5.91 Å². The third kappa shape index (κ3) is 4.35. The van der Waals surface area contributed by atoms with E-state index >= 15 is 0 Å². The smallest absolute Gasteiger partial charge is 0.234 e. The molecule has 2 fully saturated rings. The molecule has 3 rings (SSSR count). The lowest BCUT2D eigenvalue weighted by Crippen LogP contribution is -2.45. The van der Waals surface area contributed by atoms with Crippen LogP contribution >= 0.6 is 0 Å². The third-order valence-electron chi connectivity index (χ3n) is 5.63. The van der Waals surface area contributed by atoms with E-state index in [1.54, 1.807) is 0 Å². The summed E-state index contributed by atoms with van der Waals surface area (Å²) in [6.45, 7) is 4.26. The molecule has 134 valence electrons. The Labute approximate surface area is 145 Å². The molecule has 1 aliphatic carbocycles. The average molecular weight is 333 g/mol. The second-order valence-electron chi connectivity index (χ2n) is 7.25. The van der Waals surface area contributed by atoms with Crippen LogP contribution in [0.15, 0.2) is 6.33 Å². The number of carbonyl (C=O) groups excluding carboxylic acids is 1. The first-order valence-corrected chi connectivity index (χ1v) is 9.67. The van der Waals surface area contributed by atoms with E-state index in [-0.39, 0.29) is 5.91 Å². The molecule has 0 bridgehead atoms. The van der Waals surface area contributed by atoms with E-state index in [1.807, 2.05) is 6.33 Å². The highest BCUT2D eigenvalue weighted by Gasteiger charge is 2.23. The standard InChI is InChI=1S/C18H31N5O/c1-2-15-8-6-7-11-22(15)13-18(24)19-12-17-21-20-14-23(17)16-9-4-3-5-10-16/h14-16H,2-13H2,1H3,(H,19,24)/t15-/m0/s1. The molecule has 1 aromatic rings. The number of rotatable bonds is 6. The van der Waals surface area contributed by atoms with Crippen LogP contribution in [0.1, 0.15) is 76.6 Å². The fourth-order valence-electron chi connectivity index (χ4n) is 4.21. The van der Waals surface area contributed by atoms with Crippen molar-refractivity contribution in [2.24, 2.45) is 0 Å². The van der Waals surface area contributed by atoms with Crippen molar-refractivity contribution < 1.29 is 4.79 Å². The van der Waals surface area contributed by atoms with Crippen LogP contribution in [0.3, 0.4) is 0 Å². The highest BCUT2D eigenvalue weighted by Crippen LogP contribution is 2.28. The molecule has 1 amide bonds. The van der Waals surface area contributed by atoms with Crippen molar-refractivity contribution in [3.63, 3.8) is 0 Å². The number of carbonyl (C=O) groups is 1. The predicted molar refractivity (Wildman–Crippen MR) is 93.5 cm³/mol. The van der Waals surface area contributed by atoms with Gasteiger partial charge in [0.1, 0.15) is 6.33 Å². The zero-order valence-corrected chi connectivity index (χ0v) is 14.9. The Kier molecular flexibility index (Phi) is 6.24. The SMILES string of the molecule is CC[C@H]1CCCCN1CC(=O)NCc1nncn1C1CCCCC1. The molecule has 0 radical (unpaired) electrons. The van der Waals surface area contributed by atoms with Crippen LogP contribution in [0.2, 0.25) is 0 Å². The van der Waals surface area contributed by atoms with Gasteiger partial charge in [-0.1, -0.05) is 32.6 Å². The Morgan fingerprint density at radius 2 is 2.00 bits per heavy atom. The summed E-state index contributed by atoms with van der Waals surface area (Å²) in [7, 11) is 0. The quantitative estimate of drug-likeness (QED) is 0.869. The summed E-state index contributed by atoms with van der Waals surface area (Å²) in [5.41, 5.74) is 0. The number of piperidine rings is 1. The largest absolute Gasteiger partial charge is 0.348 e. The summed E-state index contributed by atoms with van der Waals surface area (Å²) < 4.78 is 2.18. The second-order valence-corrected chi connectivity index (χ2v) is 7.25. The van der Waals surface area contributed by atoms with Crippen molar-refractivity contribution in [1.82, 2.24) is 25.0 Å². The van der Waals surface area contributed by atoms with Crippen molar-refractivity contribution in [1.29, 1.82) is 0 Å². The topological polar surface area (TPSA) is 63.1 Å². The summed E-state index contributed by atoms with van der Waals surface area (Å²) in [4.78, 5) is 14.7. The molecule has 1 saturated heterocycles. The number of hydrogen-bond acceptors (Lipinski definition) is 4. The van der Waals surface area contributed by atoms with E-state index in [2.05, 4.69) is 31.9 Å². The summed E-state index contributed by atoms with van der Waals surface area (Å²) in [5, 5.41) is 11.3. The summed E-state index contributed by atoms with van der Waals surface area (Å²) in [5.74, 6) is 0.995. The van der Waals surface area contributed by atoms with Gasteiger partial charge in [-0.25, -0.2) is 0 Å². The van der Waals surface area contributed by atoms with Gasteiger partial charge in [0, 0.05) is 12.1 Å². The number of nitrogens with one attached hydrogen (secondary N) is 1. The normalized spacial score (nSPS) is 23.3. The number of amides is 1. The number of nitrogens with zero attached hydrogens (tertiary/aromatic N) is 4. The highest BCUT2D eigenvalue weighted by atomic mass is 16.2. The predicted octanol–water partition coefficient (Wildman–Crippen LogP) is 2.66. The molecule has 1 atom stereocenters. The summed E-state index contributed by atoms with van der Waals surface area (Å²) >= 11 is 0. The van der Waals surface area contributed by atoms with E-state index in [4.69, 9.17) is 0 Å². The molecular weight excluding hydrogens is 302 g/mol. The van der Waals surface area contributed by atoms with Gasteiger partial charge in [0.25, 0.3) is 0 Å². The van der Waals surface area contributed by atoms with Crippen molar-refractivity contribution >= 4 is 5.91 Å². The van der Waals surface area contributed by atoms with Gasteiger partial charge in [0.05, 0.1) is 13.1 Å². The second kappa shape index (κ2) is 8.60. The fraction of sp³-hybridized carbons (Fsp3) is 0.833. The first-order chi connectivity index (χ1) is 11.8. The minimum absolute atomic E-state index is 0.105. The minimum Gasteiger partial charge on any atom is -0.348 e. The summed E-state index contributed by atoms with van der Waals surface area (Å²) in [6.07, 6.45) is 13.0. The van der Waals surface area contributed by atoms with Crippen LogP contribution < -0.4 is 5.32 Å². The van der Waals surface area contributed by atoms with Crippen molar-refractivity contribution in [2.45, 2.75) is 83.3 Å². The Hall–Kier alpha value is -1.43. The Morgan fingerprint density at radius 3 is 2.79 bits per heavy atom. The Morgan fingerprint density at radius 1 is 1.21 bits per heavy atom. The Bertz CT molecular complexity index is 523. The first-order valence-electron chi connectivity index (χ1n) is 9.67. The lowest BCUT2D eigenvalue weighted by Gasteiger charge is -2.34. The molecular formula is C18H31N5O. The molecule has 1 N–H and O–H groups in total. The highest BCUT2D eigenvalue weighted by molar-refractivity contribution is 5.77. The number of likely N-dealkylation sites (tertiary alicyclic amines) is 1. The average Bonchev–Trinajstić information content (AvgIpc) is 3.10. The fourth-order valence-corrected chi connectivity index (χ4v) is 4.21. The molecule has 6 nitrogen and oxygen atoms in total. The van der Waals surface area contributed by atoms with Gasteiger partial charge < -0.3 is 9.88 Å². The van der Waals surface area contributed by atoms with E-state index in [9.17, 15) is 4.79 Å². The molecule has 24 heavy (non-hydrogen) atoms. The van der Waals surface area contributed by atoms with E-state index in [0.29, 0.717) is 25.2 Å². The van der Waals surface area contributed by atoms with Crippen LogP contribution in [0.5, 0.6) is 0 Å². The van der Waals surface area contributed by atoms with Gasteiger partial charge in [-0.05, 0) is 38.6 Å². The first kappa shape index (κ1) is 17.4. The minimum atomic E-state index is 0.105. The number of hydrogen-bond donors (Lipinski definition) is 1. The Balaban J connectivity index is 1.50. The maximum Gasteiger partial charge on any atom is 0.234 e. The molecule has 1 aromatic heterocycles. The molecule has 1 aliphatic heterocycles. The van der Waals surface area contributed by atoms with Gasteiger partial charge >= 0.3 is 0 Å². The van der Waals surface area contributed by atoms with E-state index in [1.165, 1.54) is 51.4 Å². The number of aromatic nitrogens is 3. The van der Waals surface area contributed by atoms with Crippen LogP contribution in [0.25, 0.3) is 0 Å². The van der Waals surface area contributed by atoms with Crippen molar-refractivity contribution in [3.8, 4) is 0 Å². The molecule has 2 aliphatic rings. The van der Waals surface area contributed by atoms with Crippen molar-refractivity contribution in [2.75, 3.05) is 13.1 Å². The molecule has 1 saturated carbocycles. The molecule has 0 unspecified atom stereocenters. The summed E-state index contributed by atoms with van der Waals surface area (Å²) in [6, 6.07) is 1.07. The van der Waals surface area contributed by atoms with E-state index in [0.717, 1.165) is 18.8 Å². The van der Waals surface area contributed by atoms with Gasteiger partial charge in [0.15, 0.2) is 5.82 Å². The maximum atomic E-state index is 12.3. The maximum absolute atomic E-state index is 12.3. The zero-order valence-electron chi connectivity index (χ0n) is 14.9. The van der Waals surface area contributed by atoms with Crippen LogP contribution in [-0.2, 0) is 11.3 Å².